The summed E-state index contributed by atoms with van der Waals surface area (Å²) in [6.45, 7) is 0. The van der Waals surface area contributed by atoms with E-state index < -0.39 is 0 Å². The Morgan fingerprint density at radius 3 is 2.79 bits per heavy atom. The van der Waals surface area contributed by atoms with Crippen molar-refractivity contribution in [1.82, 2.24) is 0 Å². The molecule has 2 aromatic rings. The minimum absolute atomic E-state index is 0.0564. The van der Waals surface area contributed by atoms with Gasteiger partial charge in [0, 0.05) is 5.38 Å². The molecule has 0 aromatic carbocycles. The molecule has 0 aliphatic heterocycles. The zero-order chi connectivity index (χ0) is 9.97. The highest BCUT2D eigenvalue weighted by Crippen LogP contribution is 2.23. The molecule has 0 radical (unpaired) electrons. The van der Waals surface area contributed by atoms with E-state index in [-0.39, 0.29) is 5.91 Å². The Bertz CT molecular complexity index is 435. The molecular weight excluding hydrogens is 282 g/mol. The Morgan fingerprint density at radius 1 is 1.36 bits per heavy atom. The van der Waals surface area contributed by atoms with Gasteiger partial charge in [-0.15, -0.1) is 11.3 Å². The summed E-state index contributed by atoms with van der Waals surface area (Å²) in [5.74, 6) is -0.0564. The van der Waals surface area contributed by atoms with Crippen molar-refractivity contribution in [3.8, 4) is 0 Å². The van der Waals surface area contributed by atoms with E-state index in [0.717, 1.165) is 9.47 Å². The number of carbonyl (C=O) groups is 1. The standard InChI is InChI=1S/C9H6BrNOS2/c10-8-2-1-7(14-8)9(12)11-6-3-4-13-5-6/h1-5H,(H,11,12). The van der Waals surface area contributed by atoms with E-state index in [4.69, 9.17) is 0 Å². The van der Waals surface area contributed by atoms with E-state index >= 15 is 0 Å². The van der Waals surface area contributed by atoms with Gasteiger partial charge in [0.2, 0.25) is 0 Å². The molecule has 2 heterocycles. The molecule has 0 bridgehead atoms. The number of carbonyl (C=O) groups excluding carboxylic acids is 1. The fourth-order valence-corrected chi connectivity index (χ4v) is 2.83. The van der Waals surface area contributed by atoms with E-state index in [1.807, 2.05) is 22.9 Å². The van der Waals surface area contributed by atoms with E-state index in [9.17, 15) is 4.79 Å². The lowest BCUT2D eigenvalue weighted by Gasteiger charge is -1.98. The topological polar surface area (TPSA) is 29.1 Å². The van der Waals surface area contributed by atoms with Crippen LogP contribution < -0.4 is 5.32 Å². The highest BCUT2D eigenvalue weighted by Gasteiger charge is 2.08. The second-order valence-electron chi connectivity index (χ2n) is 2.57. The van der Waals surface area contributed by atoms with Crippen molar-refractivity contribution in [2.75, 3.05) is 5.32 Å². The third kappa shape index (κ3) is 2.23. The molecule has 0 unspecified atom stereocenters. The molecule has 0 saturated heterocycles. The predicted molar refractivity (Wildman–Crippen MR) is 64.3 cm³/mol. The van der Waals surface area contributed by atoms with Crippen molar-refractivity contribution in [3.63, 3.8) is 0 Å². The van der Waals surface area contributed by atoms with Crippen LogP contribution in [0.2, 0.25) is 0 Å². The highest BCUT2D eigenvalue weighted by atomic mass is 79.9. The lowest BCUT2D eigenvalue weighted by atomic mass is 10.4. The first-order chi connectivity index (χ1) is 6.75. The van der Waals surface area contributed by atoms with Crippen LogP contribution in [-0.4, -0.2) is 5.91 Å². The Kier molecular flexibility index (Phi) is 3.00. The summed E-state index contributed by atoms with van der Waals surface area (Å²) in [6, 6.07) is 5.55. The van der Waals surface area contributed by atoms with Crippen LogP contribution >= 0.6 is 38.6 Å². The number of hydrogen-bond acceptors (Lipinski definition) is 3. The Hall–Kier alpha value is -0.650. The number of thiophene rings is 2. The Labute approximate surface area is 97.7 Å². The number of rotatable bonds is 2. The molecule has 2 nitrogen and oxygen atoms in total. The number of amides is 1. The van der Waals surface area contributed by atoms with Crippen molar-refractivity contribution >= 4 is 50.2 Å². The fraction of sp³-hybridized carbons (Fsp3) is 0. The highest BCUT2D eigenvalue weighted by molar-refractivity contribution is 9.11. The van der Waals surface area contributed by atoms with Crippen LogP contribution in [0.4, 0.5) is 5.69 Å². The monoisotopic (exact) mass is 287 g/mol. The molecule has 1 amide bonds. The third-order valence-corrected chi connectivity index (χ3v) is 3.88. The van der Waals surface area contributed by atoms with Crippen LogP contribution in [0.1, 0.15) is 9.67 Å². The number of halogens is 1. The maximum Gasteiger partial charge on any atom is 0.265 e. The maximum atomic E-state index is 11.6. The van der Waals surface area contributed by atoms with Gasteiger partial charge in [-0.3, -0.25) is 4.79 Å². The Morgan fingerprint density at radius 2 is 2.21 bits per heavy atom. The Balaban J connectivity index is 2.10. The minimum Gasteiger partial charge on any atom is -0.321 e. The number of anilines is 1. The van der Waals surface area contributed by atoms with E-state index in [1.165, 1.54) is 11.3 Å². The van der Waals surface area contributed by atoms with Crippen LogP contribution in [0.25, 0.3) is 0 Å². The van der Waals surface area contributed by atoms with Crippen LogP contribution in [-0.2, 0) is 0 Å². The first kappa shape index (κ1) is 9.89. The molecule has 0 atom stereocenters. The summed E-state index contributed by atoms with van der Waals surface area (Å²) < 4.78 is 0.966. The van der Waals surface area contributed by atoms with E-state index in [2.05, 4.69) is 21.2 Å². The third-order valence-electron chi connectivity index (χ3n) is 1.58. The summed E-state index contributed by atoms with van der Waals surface area (Å²) in [7, 11) is 0. The molecule has 5 heteroatoms. The SMILES string of the molecule is O=C(Nc1ccsc1)c1ccc(Br)s1. The average Bonchev–Trinajstić information content (AvgIpc) is 2.75. The van der Waals surface area contributed by atoms with Gasteiger partial charge in [0.05, 0.1) is 14.4 Å². The van der Waals surface area contributed by atoms with E-state index in [0.29, 0.717) is 4.88 Å². The summed E-state index contributed by atoms with van der Waals surface area (Å²) in [6.07, 6.45) is 0. The first-order valence-electron chi connectivity index (χ1n) is 3.84. The smallest absolute Gasteiger partial charge is 0.265 e. The van der Waals surface area contributed by atoms with Gasteiger partial charge in [-0.05, 0) is 39.5 Å². The first-order valence-corrected chi connectivity index (χ1v) is 6.40. The molecule has 0 fully saturated rings. The van der Waals surface area contributed by atoms with Crippen molar-refractivity contribution < 1.29 is 4.79 Å². The summed E-state index contributed by atoms with van der Waals surface area (Å²) in [5, 5.41) is 6.65. The molecule has 2 aromatic heterocycles. The zero-order valence-corrected chi connectivity index (χ0v) is 10.2. The van der Waals surface area contributed by atoms with Crippen LogP contribution in [0, 0.1) is 0 Å². The van der Waals surface area contributed by atoms with Gasteiger partial charge in [0.15, 0.2) is 0 Å². The second-order valence-corrected chi connectivity index (χ2v) is 5.81. The number of nitrogens with one attached hydrogen (secondary N) is 1. The fourth-order valence-electron chi connectivity index (χ4n) is 0.965. The summed E-state index contributed by atoms with van der Waals surface area (Å²) in [4.78, 5) is 12.3. The second kappa shape index (κ2) is 4.25. The van der Waals surface area contributed by atoms with Gasteiger partial charge in [-0.25, -0.2) is 0 Å². The summed E-state index contributed by atoms with van der Waals surface area (Å²) >= 11 is 6.31. The van der Waals surface area contributed by atoms with Crippen LogP contribution in [0.5, 0.6) is 0 Å². The maximum absolute atomic E-state index is 11.6. The van der Waals surface area contributed by atoms with Gasteiger partial charge in [-0.2, -0.15) is 11.3 Å². The van der Waals surface area contributed by atoms with Gasteiger partial charge in [-0.1, -0.05) is 0 Å². The van der Waals surface area contributed by atoms with Crippen LogP contribution in [0.15, 0.2) is 32.7 Å². The normalized spacial score (nSPS) is 10.1. The molecule has 2 rings (SSSR count). The lowest BCUT2D eigenvalue weighted by Crippen LogP contribution is -2.08. The van der Waals surface area contributed by atoms with E-state index in [1.54, 1.807) is 17.4 Å². The molecule has 1 N–H and O–H groups in total. The van der Waals surface area contributed by atoms with Gasteiger partial charge < -0.3 is 5.32 Å². The molecule has 0 aliphatic carbocycles. The molecule has 72 valence electrons. The van der Waals surface area contributed by atoms with Crippen molar-refractivity contribution in [2.45, 2.75) is 0 Å². The van der Waals surface area contributed by atoms with Crippen molar-refractivity contribution in [1.29, 1.82) is 0 Å². The van der Waals surface area contributed by atoms with Gasteiger partial charge in [0.1, 0.15) is 0 Å². The van der Waals surface area contributed by atoms with Gasteiger partial charge >= 0.3 is 0 Å². The zero-order valence-electron chi connectivity index (χ0n) is 6.99. The predicted octanol–water partition coefficient (Wildman–Crippen LogP) is 3.82. The largest absolute Gasteiger partial charge is 0.321 e. The molecule has 0 spiro atoms. The number of hydrogen-bond donors (Lipinski definition) is 1. The van der Waals surface area contributed by atoms with Gasteiger partial charge in [0.25, 0.3) is 5.91 Å². The van der Waals surface area contributed by atoms with Crippen molar-refractivity contribution in [3.05, 3.63) is 37.6 Å². The molecule has 0 aliphatic rings. The van der Waals surface area contributed by atoms with Crippen LogP contribution in [0.3, 0.4) is 0 Å². The lowest BCUT2D eigenvalue weighted by molar-refractivity contribution is 0.103. The quantitative estimate of drug-likeness (QED) is 0.894. The minimum atomic E-state index is -0.0564. The van der Waals surface area contributed by atoms with Crippen molar-refractivity contribution in [2.24, 2.45) is 0 Å². The molecule has 14 heavy (non-hydrogen) atoms. The molecular formula is C9H6BrNOS2. The molecule has 0 saturated carbocycles. The average molecular weight is 288 g/mol. The summed E-state index contributed by atoms with van der Waals surface area (Å²) in [5.41, 5.74) is 0.851.